The predicted octanol–water partition coefficient (Wildman–Crippen LogP) is -1.10. The molecule has 0 saturated heterocycles. The first kappa shape index (κ1) is 8.74. The number of aromatic nitrogens is 3. The third-order valence-electron chi connectivity index (χ3n) is 2.43. The van der Waals surface area contributed by atoms with Gasteiger partial charge in [0.2, 0.25) is 0 Å². The lowest BCUT2D eigenvalue weighted by atomic mass is 10.3. The van der Waals surface area contributed by atoms with E-state index in [0.717, 1.165) is 4.57 Å². The van der Waals surface area contributed by atoms with E-state index in [4.69, 9.17) is 0 Å². The van der Waals surface area contributed by atoms with Crippen LogP contribution in [0.3, 0.4) is 0 Å². The van der Waals surface area contributed by atoms with Gasteiger partial charge in [-0.2, -0.15) is 0 Å². The molecule has 1 aromatic heterocycles. The summed E-state index contributed by atoms with van der Waals surface area (Å²) in [5.74, 6) is 0. The molecule has 0 bridgehead atoms. The summed E-state index contributed by atoms with van der Waals surface area (Å²) in [5.41, 5.74) is -2.74. The van der Waals surface area contributed by atoms with Crippen LogP contribution in [0.4, 0.5) is 0 Å². The third-order valence-corrected chi connectivity index (χ3v) is 2.43. The fourth-order valence-electron chi connectivity index (χ4n) is 1.48. The van der Waals surface area contributed by atoms with Gasteiger partial charge in [0.1, 0.15) is 0 Å². The summed E-state index contributed by atoms with van der Waals surface area (Å²) in [6.07, 6.45) is 2.96. The number of rotatable bonds is 2. The topological polar surface area (TPSA) is 87.7 Å². The van der Waals surface area contributed by atoms with Crippen LogP contribution in [0.15, 0.2) is 27.0 Å². The Morgan fingerprint density at radius 3 is 2.07 bits per heavy atom. The first-order valence-corrected chi connectivity index (χ1v) is 4.19. The van der Waals surface area contributed by atoms with Gasteiger partial charge >= 0.3 is 17.1 Å². The molecule has 0 radical (unpaired) electrons. The van der Waals surface area contributed by atoms with Crippen LogP contribution >= 0.6 is 0 Å². The predicted molar refractivity (Wildman–Crippen MR) is 49.3 cm³/mol. The monoisotopic (exact) mass is 195 g/mol. The van der Waals surface area contributed by atoms with Crippen LogP contribution in [0.25, 0.3) is 0 Å². The van der Waals surface area contributed by atoms with E-state index in [-0.39, 0.29) is 0 Å². The van der Waals surface area contributed by atoms with E-state index in [9.17, 15) is 14.4 Å². The van der Waals surface area contributed by atoms with E-state index in [2.05, 4.69) is 6.58 Å². The van der Waals surface area contributed by atoms with Gasteiger partial charge in [-0.25, -0.2) is 19.0 Å². The minimum Gasteiger partial charge on any atom is -0.259 e. The smallest absolute Gasteiger partial charge is 0.259 e. The van der Waals surface area contributed by atoms with Gasteiger partial charge in [-0.05, 0) is 12.8 Å². The van der Waals surface area contributed by atoms with E-state index in [1.165, 1.54) is 0 Å². The number of nitrogens with one attached hydrogen (secondary N) is 2. The van der Waals surface area contributed by atoms with Crippen LogP contribution in [0.1, 0.15) is 12.8 Å². The summed E-state index contributed by atoms with van der Waals surface area (Å²) in [7, 11) is 0. The van der Waals surface area contributed by atoms with Crippen molar-refractivity contribution in [3.05, 3.63) is 44.1 Å². The van der Waals surface area contributed by atoms with Crippen LogP contribution in [0.5, 0.6) is 0 Å². The molecule has 0 unspecified atom stereocenters. The van der Waals surface area contributed by atoms with E-state index < -0.39 is 22.6 Å². The fraction of sp³-hybridized carbons (Fsp3) is 0.375. The van der Waals surface area contributed by atoms with Crippen LogP contribution in [0, 0.1) is 0 Å². The van der Waals surface area contributed by atoms with Gasteiger partial charge in [-0.15, -0.1) is 6.58 Å². The van der Waals surface area contributed by atoms with Crippen LogP contribution in [-0.4, -0.2) is 14.5 Å². The zero-order valence-electron chi connectivity index (χ0n) is 7.37. The van der Waals surface area contributed by atoms with E-state index in [1.807, 2.05) is 9.97 Å². The maximum absolute atomic E-state index is 11.3. The molecular weight excluding hydrogens is 186 g/mol. The second kappa shape index (κ2) is 2.57. The van der Waals surface area contributed by atoms with Gasteiger partial charge in [0.05, 0.1) is 5.54 Å². The molecule has 6 nitrogen and oxygen atoms in total. The van der Waals surface area contributed by atoms with Crippen molar-refractivity contribution >= 4 is 0 Å². The Kier molecular flexibility index (Phi) is 1.60. The average Bonchev–Trinajstić information content (AvgIpc) is 2.83. The number of hydrogen-bond acceptors (Lipinski definition) is 3. The van der Waals surface area contributed by atoms with Crippen LogP contribution < -0.4 is 17.1 Å². The molecule has 2 N–H and O–H groups in total. The highest BCUT2D eigenvalue weighted by atomic mass is 16.2. The van der Waals surface area contributed by atoms with E-state index >= 15 is 0 Å². The summed E-state index contributed by atoms with van der Waals surface area (Å²) in [6.45, 7) is 3.57. The highest BCUT2D eigenvalue weighted by Gasteiger charge is 2.44. The Morgan fingerprint density at radius 1 is 1.21 bits per heavy atom. The molecule has 0 aliphatic heterocycles. The van der Waals surface area contributed by atoms with Crippen molar-refractivity contribution in [2.45, 2.75) is 18.4 Å². The van der Waals surface area contributed by atoms with Crippen LogP contribution in [-0.2, 0) is 5.54 Å². The first-order chi connectivity index (χ1) is 6.59. The molecular formula is C8H9N3O3. The average molecular weight is 195 g/mol. The summed E-state index contributed by atoms with van der Waals surface area (Å²) in [6, 6.07) is 0. The molecule has 74 valence electrons. The largest absolute Gasteiger partial charge is 0.334 e. The third kappa shape index (κ3) is 1.07. The molecule has 1 aromatic rings. The van der Waals surface area contributed by atoms with Gasteiger partial charge in [0.25, 0.3) is 0 Å². The molecule has 0 aromatic carbocycles. The number of allylic oxidation sites excluding steroid dienone is 1. The Morgan fingerprint density at radius 2 is 1.71 bits per heavy atom. The Hall–Kier alpha value is -1.85. The molecule has 14 heavy (non-hydrogen) atoms. The van der Waals surface area contributed by atoms with Crippen molar-refractivity contribution in [1.82, 2.24) is 14.5 Å². The second-order valence-corrected chi connectivity index (χ2v) is 3.33. The highest BCUT2D eigenvalue weighted by molar-refractivity contribution is 5.11. The number of H-pyrrole nitrogens is 2. The summed E-state index contributed by atoms with van der Waals surface area (Å²) >= 11 is 0. The zero-order valence-corrected chi connectivity index (χ0v) is 7.37. The lowest BCUT2D eigenvalue weighted by Gasteiger charge is -2.10. The maximum Gasteiger partial charge on any atom is 0.334 e. The van der Waals surface area contributed by atoms with Crippen molar-refractivity contribution < 1.29 is 0 Å². The molecule has 6 heteroatoms. The summed E-state index contributed by atoms with van der Waals surface area (Å²) in [5, 5.41) is 0. The van der Waals surface area contributed by atoms with Gasteiger partial charge in [0, 0.05) is 0 Å². The van der Waals surface area contributed by atoms with Crippen molar-refractivity contribution in [2.24, 2.45) is 0 Å². The van der Waals surface area contributed by atoms with Gasteiger partial charge in [-0.3, -0.25) is 9.97 Å². The van der Waals surface area contributed by atoms with Gasteiger partial charge in [0.15, 0.2) is 0 Å². The minimum absolute atomic E-state index is 0.588. The highest BCUT2D eigenvalue weighted by Crippen LogP contribution is 2.42. The van der Waals surface area contributed by atoms with Crippen molar-refractivity contribution in [3.63, 3.8) is 0 Å². The zero-order chi connectivity index (χ0) is 10.3. The molecule has 1 fully saturated rings. The Bertz CT molecular complexity index is 510. The number of nitrogens with zero attached hydrogens (tertiary/aromatic N) is 1. The SMILES string of the molecule is C=CC1(n2c(=O)[nH]c(=O)[nH]c2=O)CC1. The Labute approximate surface area is 77.9 Å². The molecule has 0 spiro atoms. The molecule has 0 amide bonds. The molecule has 0 atom stereocenters. The minimum atomic E-state index is -0.781. The van der Waals surface area contributed by atoms with Gasteiger partial charge < -0.3 is 0 Å². The standard InChI is InChI=1S/C8H9N3O3/c1-2-8(3-4-8)11-6(13)9-5(12)10-7(11)14/h2H,1,3-4H2,(H2,9,10,12,13,14). The van der Waals surface area contributed by atoms with Crippen molar-refractivity contribution in [2.75, 3.05) is 0 Å². The lowest BCUT2D eigenvalue weighted by molar-refractivity contribution is 0.517. The molecule has 1 heterocycles. The maximum atomic E-state index is 11.3. The fourth-order valence-corrected chi connectivity index (χ4v) is 1.48. The van der Waals surface area contributed by atoms with E-state index in [1.54, 1.807) is 6.08 Å². The first-order valence-electron chi connectivity index (χ1n) is 4.19. The molecule has 1 aliphatic rings. The second-order valence-electron chi connectivity index (χ2n) is 3.33. The number of aromatic amines is 2. The lowest BCUT2D eigenvalue weighted by Crippen LogP contribution is -2.47. The molecule has 1 aliphatic carbocycles. The molecule has 2 rings (SSSR count). The normalized spacial score (nSPS) is 17.7. The van der Waals surface area contributed by atoms with Crippen LogP contribution in [0.2, 0.25) is 0 Å². The number of hydrogen-bond donors (Lipinski definition) is 2. The Balaban J connectivity index is 2.77. The van der Waals surface area contributed by atoms with Crippen molar-refractivity contribution in [3.8, 4) is 0 Å². The van der Waals surface area contributed by atoms with Gasteiger partial charge in [-0.1, -0.05) is 6.08 Å². The van der Waals surface area contributed by atoms with E-state index in [0.29, 0.717) is 12.8 Å². The summed E-state index contributed by atoms with van der Waals surface area (Å²) < 4.78 is 1.00. The quantitative estimate of drug-likeness (QED) is 0.587. The summed E-state index contributed by atoms with van der Waals surface area (Å²) in [4.78, 5) is 37.5. The van der Waals surface area contributed by atoms with Crippen molar-refractivity contribution in [1.29, 1.82) is 0 Å². The molecule has 1 saturated carbocycles.